The van der Waals surface area contributed by atoms with E-state index in [-0.39, 0.29) is 36.1 Å². The highest BCUT2D eigenvalue weighted by atomic mass is 32.2. The average molecular weight is 349 g/mol. The second-order valence-electron chi connectivity index (χ2n) is 5.86. The lowest BCUT2D eigenvalue weighted by atomic mass is 10.0. The number of nitrogens with zero attached hydrogens (tertiary/aromatic N) is 1. The van der Waals surface area contributed by atoms with Crippen LogP contribution in [-0.4, -0.2) is 33.4 Å². The smallest absolute Gasteiger partial charge is 0.378 e. The molecule has 2 heterocycles. The lowest BCUT2D eigenvalue weighted by Gasteiger charge is -2.21. The van der Waals surface area contributed by atoms with Gasteiger partial charge in [0.2, 0.25) is 10.0 Å². The molecule has 1 aromatic rings. The molecule has 0 aliphatic carbocycles. The molecule has 0 bridgehead atoms. The molecule has 1 fully saturated rings. The number of halogens is 3. The molecule has 0 amide bonds. The molecule has 0 spiro atoms. The molecule has 0 unspecified atom stereocenters. The van der Waals surface area contributed by atoms with Gasteiger partial charge in [-0.3, -0.25) is 4.31 Å². The molecule has 0 saturated carbocycles. The first-order valence-electron chi connectivity index (χ1n) is 7.60. The fraction of sp³-hybridized carbons (Fsp3) is 0.600. The number of hydrogen-bond acceptors (Lipinski definition) is 3. The highest BCUT2D eigenvalue weighted by Crippen LogP contribution is 2.40. The Bertz CT molecular complexity index is 682. The van der Waals surface area contributed by atoms with Gasteiger partial charge in [-0.15, -0.1) is 0 Å². The number of benzene rings is 1. The minimum atomic E-state index is -4.47. The number of fused-ring (bicyclic) bond motifs is 1. The maximum Gasteiger partial charge on any atom is 0.416 e. The summed E-state index contributed by atoms with van der Waals surface area (Å²) < 4.78 is 70.6. The molecule has 2 aliphatic rings. The molecule has 1 atom stereocenters. The van der Waals surface area contributed by atoms with Gasteiger partial charge in [-0.25, -0.2) is 8.42 Å². The third-order valence-corrected chi connectivity index (χ3v) is 6.15. The summed E-state index contributed by atoms with van der Waals surface area (Å²) in [6, 6.07) is 3.71. The fourth-order valence-corrected chi connectivity index (χ4v) is 4.84. The van der Waals surface area contributed by atoms with Crippen molar-refractivity contribution in [2.45, 2.75) is 38.0 Å². The van der Waals surface area contributed by atoms with Crippen molar-refractivity contribution >= 4 is 15.7 Å². The van der Waals surface area contributed by atoms with E-state index in [2.05, 4.69) is 0 Å². The quantitative estimate of drug-likeness (QED) is 0.840. The Hall–Kier alpha value is -1.28. The monoisotopic (exact) mass is 349 g/mol. The normalized spacial score (nSPS) is 21.7. The lowest BCUT2D eigenvalue weighted by molar-refractivity contribution is -0.138. The molecule has 0 radical (unpaired) electrons. The Morgan fingerprint density at radius 3 is 2.74 bits per heavy atom. The number of sulfonamides is 1. The van der Waals surface area contributed by atoms with Crippen LogP contribution < -0.4 is 4.31 Å². The summed E-state index contributed by atoms with van der Waals surface area (Å²) in [6.07, 6.45) is -2.30. The van der Waals surface area contributed by atoms with Crippen LogP contribution in [0.5, 0.6) is 0 Å². The maximum atomic E-state index is 13.0. The van der Waals surface area contributed by atoms with Crippen LogP contribution in [-0.2, 0) is 27.4 Å². The number of anilines is 1. The fourth-order valence-electron chi connectivity index (χ4n) is 3.22. The Kier molecular flexibility index (Phi) is 4.31. The van der Waals surface area contributed by atoms with Gasteiger partial charge in [0.05, 0.1) is 23.1 Å². The van der Waals surface area contributed by atoms with E-state index < -0.39 is 21.8 Å². The predicted octanol–water partition coefficient (Wildman–Crippen LogP) is 2.97. The van der Waals surface area contributed by atoms with E-state index >= 15 is 0 Å². The van der Waals surface area contributed by atoms with Gasteiger partial charge >= 0.3 is 6.18 Å². The summed E-state index contributed by atoms with van der Waals surface area (Å²) in [7, 11) is -3.64. The van der Waals surface area contributed by atoms with Crippen molar-refractivity contribution in [2.75, 3.05) is 23.2 Å². The number of alkyl halides is 3. The second-order valence-corrected chi connectivity index (χ2v) is 7.88. The van der Waals surface area contributed by atoms with Gasteiger partial charge in [0.15, 0.2) is 0 Å². The van der Waals surface area contributed by atoms with Crippen LogP contribution in [0.1, 0.15) is 30.4 Å². The van der Waals surface area contributed by atoms with E-state index in [1.807, 2.05) is 0 Å². The summed E-state index contributed by atoms with van der Waals surface area (Å²) >= 11 is 0. The molecule has 3 rings (SSSR count). The topological polar surface area (TPSA) is 46.6 Å². The molecule has 1 saturated heterocycles. The summed E-state index contributed by atoms with van der Waals surface area (Å²) in [5.74, 6) is -0.104. The van der Waals surface area contributed by atoms with Gasteiger partial charge < -0.3 is 4.74 Å². The third-order valence-electron chi connectivity index (χ3n) is 4.35. The highest BCUT2D eigenvalue weighted by Gasteiger charge is 2.39. The van der Waals surface area contributed by atoms with Gasteiger partial charge in [-0.1, -0.05) is 6.07 Å². The first kappa shape index (κ1) is 16.6. The summed E-state index contributed by atoms with van der Waals surface area (Å²) in [4.78, 5) is 0. The van der Waals surface area contributed by atoms with E-state index in [4.69, 9.17) is 4.74 Å². The molecular formula is C15H18F3NO3S. The number of hydrogen-bond donors (Lipinski definition) is 0. The van der Waals surface area contributed by atoms with Crippen LogP contribution in [0.4, 0.5) is 18.9 Å². The van der Waals surface area contributed by atoms with Crippen molar-refractivity contribution in [3.8, 4) is 0 Å². The molecule has 1 aromatic carbocycles. The number of ether oxygens (including phenoxy) is 1. The van der Waals surface area contributed by atoms with Gasteiger partial charge in [-0.2, -0.15) is 13.2 Å². The van der Waals surface area contributed by atoms with Crippen molar-refractivity contribution in [1.29, 1.82) is 0 Å². The van der Waals surface area contributed by atoms with Crippen LogP contribution in [0.2, 0.25) is 0 Å². The van der Waals surface area contributed by atoms with E-state index in [0.717, 1.165) is 23.2 Å². The third kappa shape index (κ3) is 3.33. The van der Waals surface area contributed by atoms with Gasteiger partial charge in [0.25, 0.3) is 0 Å². The number of rotatable bonds is 4. The van der Waals surface area contributed by atoms with Crippen molar-refractivity contribution in [1.82, 2.24) is 0 Å². The highest BCUT2D eigenvalue weighted by molar-refractivity contribution is 7.92. The minimum absolute atomic E-state index is 0.0617. The molecular weight excluding hydrogens is 331 g/mol. The van der Waals surface area contributed by atoms with E-state index in [1.165, 1.54) is 12.1 Å². The second kappa shape index (κ2) is 5.98. The zero-order valence-electron chi connectivity index (χ0n) is 12.5. The zero-order valence-corrected chi connectivity index (χ0v) is 13.3. The van der Waals surface area contributed by atoms with Gasteiger partial charge in [-0.05, 0) is 43.4 Å². The molecule has 4 nitrogen and oxygen atoms in total. The first-order valence-corrected chi connectivity index (χ1v) is 9.21. The lowest BCUT2D eigenvalue weighted by Crippen LogP contribution is -2.32. The van der Waals surface area contributed by atoms with Crippen molar-refractivity contribution < 1.29 is 26.3 Å². The minimum Gasteiger partial charge on any atom is -0.378 e. The summed E-state index contributed by atoms with van der Waals surface area (Å²) in [5, 5.41) is 0. The van der Waals surface area contributed by atoms with E-state index in [1.54, 1.807) is 0 Å². The van der Waals surface area contributed by atoms with E-state index in [0.29, 0.717) is 13.0 Å². The van der Waals surface area contributed by atoms with Crippen LogP contribution in [0.25, 0.3) is 0 Å². The predicted molar refractivity (Wildman–Crippen MR) is 79.9 cm³/mol. The summed E-state index contributed by atoms with van der Waals surface area (Å²) in [5.41, 5.74) is -0.514. The van der Waals surface area contributed by atoms with Gasteiger partial charge in [0, 0.05) is 13.2 Å². The van der Waals surface area contributed by atoms with E-state index in [9.17, 15) is 21.6 Å². The van der Waals surface area contributed by atoms with Crippen LogP contribution >= 0.6 is 0 Å². The van der Waals surface area contributed by atoms with Gasteiger partial charge in [0.1, 0.15) is 0 Å². The molecule has 0 aromatic heterocycles. The SMILES string of the molecule is O=S(=O)(CC[C@H]1CCCO1)N1CCc2c1cccc2C(F)(F)F. The first-order chi connectivity index (χ1) is 10.8. The zero-order chi connectivity index (χ0) is 16.7. The Morgan fingerprint density at radius 2 is 2.09 bits per heavy atom. The Morgan fingerprint density at radius 1 is 1.30 bits per heavy atom. The molecule has 23 heavy (non-hydrogen) atoms. The Balaban J connectivity index is 1.81. The van der Waals surface area contributed by atoms with Crippen molar-refractivity contribution in [3.63, 3.8) is 0 Å². The summed E-state index contributed by atoms with van der Waals surface area (Å²) in [6.45, 7) is 0.711. The molecule has 8 heteroatoms. The molecule has 0 N–H and O–H groups in total. The Labute approximate surface area is 133 Å². The van der Waals surface area contributed by atoms with Crippen LogP contribution in [0.15, 0.2) is 18.2 Å². The van der Waals surface area contributed by atoms with Crippen molar-refractivity contribution in [3.05, 3.63) is 29.3 Å². The maximum absolute atomic E-state index is 13.0. The molecule has 2 aliphatic heterocycles. The van der Waals surface area contributed by atoms with Crippen molar-refractivity contribution in [2.24, 2.45) is 0 Å². The van der Waals surface area contributed by atoms with Crippen LogP contribution in [0.3, 0.4) is 0 Å². The average Bonchev–Trinajstić information content (AvgIpc) is 3.13. The molecule has 128 valence electrons. The largest absolute Gasteiger partial charge is 0.416 e. The standard InChI is InChI=1S/C15H18F3NO3S/c16-15(17,18)13-4-1-5-14-12(13)6-8-19(14)23(20,21)10-7-11-3-2-9-22-11/h1,4-5,11H,2-3,6-10H2/t11-/m1/s1. The van der Waals surface area contributed by atoms with Crippen LogP contribution in [0, 0.1) is 0 Å².